The Kier molecular flexibility index (Phi) is 8.72. The van der Waals surface area contributed by atoms with E-state index in [1.807, 2.05) is 6.92 Å². The van der Waals surface area contributed by atoms with Gasteiger partial charge in [-0.25, -0.2) is 0 Å². The maximum Gasteiger partial charge on any atom is 0.234 e. The molecule has 0 saturated carbocycles. The molecule has 2 N–H and O–H groups in total. The van der Waals surface area contributed by atoms with E-state index in [0.717, 1.165) is 16.5 Å². The largest absolute Gasteiger partial charge is 0.497 e. The van der Waals surface area contributed by atoms with Gasteiger partial charge in [0.05, 0.1) is 18.6 Å². The number of ether oxygens (including phenoxy) is 1. The number of carbonyl (C=O) groups excluding carboxylic acids is 2. The molecular formula is C16H20N4O3S3. The molecule has 7 nitrogen and oxygen atoms in total. The number of amides is 2. The molecule has 1 aromatic carbocycles. The SMILES string of the molecule is CCCNC(=O)CSc1nnc(SCC(=O)Nc2ccc(OC)cc2)s1. The first-order chi connectivity index (χ1) is 12.6. The summed E-state index contributed by atoms with van der Waals surface area (Å²) in [5, 5.41) is 13.7. The number of hydrogen-bond acceptors (Lipinski definition) is 8. The van der Waals surface area contributed by atoms with E-state index in [2.05, 4.69) is 20.8 Å². The Hall–Kier alpha value is -1.78. The molecule has 0 aliphatic rings. The third-order valence-electron chi connectivity index (χ3n) is 2.99. The Morgan fingerprint density at radius 3 is 2.27 bits per heavy atom. The van der Waals surface area contributed by atoms with Crippen LogP contribution in [0.3, 0.4) is 0 Å². The van der Waals surface area contributed by atoms with E-state index in [0.29, 0.717) is 22.3 Å². The zero-order chi connectivity index (χ0) is 18.8. The third-order valence-corrected chi connectivity index (χ3v) is 6.18. The highest BCUT2D eigenvalue weighted by Crippen LogP contribution is 2.28. The number of thioether (sulfide) groups is 2. The molecule has 0 atom stereocenters. The van der Waals surface area contributed by atoms with Crippen LogP contribution in [0, 0.1) is 0 Å². The number of methoxy groups -OCH3 is 1. The predicted molar refractivity (Wildman–Crippen MR) is 106 cm³/mol. The van der Waals surface area contributed by atoms with Gasteiger partial charge in [0, 0.05) is 12.2 Å². The third kappa shape index (κ3) is 7.22. The van der Waals surface area contributed by atoms with Crippen molar-refractivity contribution < 1.29 is 14.3 Å². The summed E-state index contributed by atoms with van der Waals surface area (Å²) in [5.74, 6) is 1.16. The number of rotatable bonds is 10. The minimum absolute atomic E-state index is 0.0138. The molecule has 0 aliphatic carbocycles. The minimum Gasteiger partial charge on any atom is -0.497 e. The Morgan fingerprint density at radius 2 is 1.69 bits per heavy atom. The Bertz CT molecular complexity index is 722. The normalized spacial score (nSPS) is 10.4. The van der Waals surface area contributed by atoms with Gasteiger partial charge in [0.15, 0.2) is 8.68 Å². The zero-order valence-electron chi connectivity index (χ0n) is 14.5. The zero-order valence-corrected chi connectivity index (χ0v) is 16.9. The van der Waals surface area contributed by atoms with Gasteiger partial charge in [-0.3, -0.25) is 9.59 Å². The fraction of sp³-hybridized carbons (Fsp3) is 0.375. The van der Waals surface area contributed by atoms with E-state index in [1.54, 1.807) is 31.4 Å². The highest BCUT2D eigenvalue weighted by atomic mass is 32.2. The summed E-state index contributed by atoms with van der Waals surface area (Å²) in [5.41, 5.74) is 0.711. The molecule has 0 aliphatic heterocycles. The second-order valence-electron chi connectivity index (χ2n) is 5.04. The number of hydrogen-bond donors (Lipinski definition) is 2. The lowest BCUT2D eigenvalue weighted by Gasteiger charge is -2.05. The number of nitrogens with one attached hydrogen (secondary N) is 2. The molecule has 1 aromatic heterocycles. The lowest BCUT2D eigenvalue weighted by molar-refractivity contribution is -0.118. The lowest BCUT2D eigenvalue weighted by atomic mass is 10.3. The van der Waals surface area contributed by atoms with Gasteiger partial charge in [-0.15, -0.1) is 10.2 Å². The van der Waals surface area contributed by atoms with E-state index in [4.69, 9.17) is 4.74 Å². The summed E-state index contributed by atoms with van der Waals surface area (Å²) in [7, 11) is 1.59. The van der Waals surface area contributed by atoms with Crippen LogP contribution in [0.5, 0.6) is 5.75 Å². The van der Waals surface area contributed by atoms with Gasteiger partial charge in [-0.2, -0.15) is 0 Å². The topological polar surface area (TPSA) is 93.2 Å². The second kappa shape index (κ2) is 11.0. The highest BCUT2D eigenvalue weighted by Gasteiger charge is 2.10. The van der Waals surface area contributed by atoms with Crippen molar-refractivity contribution in [2.24, 2.45) is 0 Å². The van der Waals surface area contributed by atoms with Gasteiger partial charge in [0.1, 0.15) is 5.75 Å². The minimum atomic E-state index is -0.122. The Balaban J connectivity index is 1.72. The first-order valence-corrected chi connectivity index (χ1v) is 10.7. The van der Waals surface area contributed by atoms with Crippen molar-refractivity contribution in [3.05, 3.63) is 24.3 Å². The summed E-state index contributed by atoms with van der Waals surface area (Å²) in [6, 6.07) is 7.14. The average molecular weight is 413 g/mol. The summed E-state index contributed by atoms with van der Waals surface area (Å²) < 4.78 is 6.50. The maximum absolute atomic E-state index is 12.0. The van der Waals surface area contributed by atoms with Crippen LogP contribution in [0.1, 0.15) is 13.3 Å². The Labute approximate surface area is 164 Å². The molecule has 2 rings (SSSR count). The van der Waals surface area contributed by atoms with Crippen molar-refractivity contribution in [2.45, 2.75) is 22.0 Å². The van der Waals surface area contributed by atoms with Crippen LogP contribution >= 0.6 is 34.9 Å². The van der Waals surface area contributed by atoms with Gasteiger partial charge >= 0.3 is 0 Å². The van der Waals surface area contributed by atoms with E-state index in [-0.39, 0.29) is 17.6 Å². The summed E-state index contributed by atoms with van der Waals surface area (Å²) in [4.78, 5) is 23.6. The van der Waals surface area contributed by atoms with Crippen LogP contribution in [0.2, 0.25) is 0 Å². The van der Waals surface area contributed by atoms with Gasteiger partial charge in [-0.05, 0) is 30.7 Å². The summed E-state index contributed by atoms with van der Waals surface area (Å²) in [6.45, 7) is 2.69. The molecule has 140 valence electrons. The van der Waals surface area contributed by atoms with Gasteiger partial charge in [-0.1, -0.05) is 41.8 Å². The molecule has 26 heavy (non-hydrogen) atoms. The predicted octanol–water partition coefficient (Wildman–Crippen LogP) is 2.90. The molecule has 10 heteroatoms. The number of benzene rings is 1. The number of aromatic nitrogens is 2. The monoisotopic (exact) mass is 412 g/mol. The summed E-state index contributed by atoms with van der Waals surface area (Å²) in [6.07, 6.45) is 0.911. The van der Waals surface area contributed by atoms with Crippen LogP contribution in [-0.2, 0) is 9.59 Å². The summed E-state index contributed by atoms with van der Waals surface area (Å²) >= 11 is 4.05. The van der Waals surface area contributed by atoms with Gasteiger partial charge in [0.25, 0.3) is 0 Å². The van der Waals surface area contributed by atoms with Crippen molar-refractivity contribution in [1.29, 1.82) is 0 Å². The Morgan fingerprint density at radius 1 is 1.08 bits per heavy atom. The fourth-order valence-electron chi connectivity index (χ4n) is 1.76. The standard InChI is InChI=1S/C16H20N4O3S3/c1-3-8-17-13(21)9-24-15-19-20-16(26-15)25-10-14(22)18-11-4-6-12(23-2)7-5-11/h4-7H,3,8-10H2,1-2H3,(H,17,21)(H,18,22). The molecule has 2 aromatic rings. The molecule has 0 spiro atoms. The quantitative estimate of drug-likeness (QED) is 0.580. The van der Waals surface area contributed by atoms with E-state index >= 15 is 0 Å². The van der Waals surface area contributed by atoms with Crippen molar-refractivity contribution >= 4 is 52.4 Å². The van der Waals surface area contributed by atoms with Crippen LogP contribution in [0.4, 0.5) is 5.69 Å². The van der Waals surface area contributed by atoms with E-state index in [1.165, 1.54) is 34.9 Å². The smallest absolute Gasteiger partial charge is 0.234 e. The van der Waals surface area contributed by atoms with E-state index in [9.17, 15) is 9.59 Å². The number of nitrogens with zero attached hydrogens (tertiary/aromatic N) is 2. The molecule has 0 bridgehead atoms. The van der Waals surface area contributed by atoms with Gasteiger partial charge < -0.3 is 15.4 Å². The molecule has 0 fully saturated rings. The van der Waals surface area contributed by atoms with Crippen LogP contribution in [0.15, 0.2) is 32.9 Å². The molecule has 2 amide bonds. The fourth-order valence-corrected chi connectivity index (χ4v) is 4.41. The molecule has 1 heterocycles. The highest BCUT2D eigenvalue weighted by molar-refractivity contribution is 8.03. The molecule has 0 radical (unpaired) electrons. The van der Waals surface area contributed by atoms with Crippen molar-refractivity contribution in [1.82, 2.24) is 15.5 Å². The van der Waals surface area contributed by atoms with Crippen LogP contribution in [0.25, 0.3) is 0 Å². The van der Waals surface area contributed by atoms with Crippen molar-refractivity contribution in [2.75, 3.05) is 30.5 Å². The van der Waals surface area contributed by atoms with Gasteiger partial charge in [0.2, 0.25) is 11.8 Å². The second-order valence-corrected chi connectivity index (χ2v) is 8.46. The number of carbonyl (C=O) groups is 2. The first kappa shape index (κ1) is 20.5. The molecular weight excluding hydrogens is 392 g/mol. The van der Waals surface area contributed by atoms with Crippen molar-refractivity contribution in [3.63, 3.8) is 0 Å². The average Bonchev–Trinajstić information content (AvgIpc) is 3.11. The molecule has 0 unspecified atom stereocenters. The maximum atomic E-state index is 12.0. The van der Waals surface area contributed by atoms with E-state index < -0.39 is 0 Å². The van der Waals surface area contributed by atoms with Crippen LogP contribution in [-0.4, -0.2) is 47.2 Å². The first-order valence-electron chi connectivity index (χ1n) is 7.90. The lowest BCUT2D eigenvalue weighted by Crippen LogP contribution is -2.25. The molecule has 0 saturated heterocycles. The van der Waals surface area contributed by atoms with Crippen molar-refractivity contribution in [3.8, 4) is 5.75 Å². The van der Waals surface area contributed by atoms with Crippen LogP contribution < -0.4 is 15.4 Å². The number of anilines is 1.